The highest BCUT2D eigenvalue weighted by Crippen LogP contribution is 2.30. The number of thioether (sulfide) groups is 1. The molecule has 3 aromatic rings. The van der Waals surface area contributed by atoms with E-state index in [0.29, 0.717) is 16.8 Å². The molecule has 162 valence electrons. The Bertz CT molecular complexity index is 1070. The third-order valence-electron chi connectivity index (χ3n) is 4.44. The van der Waals surface area contributed by atoms with E-state index in [-0.39, 0.29) is 23.1 Å². The molecule has 3 rings (SSSR count). The summed E-state index contributed by atoms with van der Waals surface area (Å²) in [7, 11) is 1.39. The summed E-state index contributed by atoms with van der Waals surface area (Å²) in [4.78, 5) is 22.9. The van der Waals surface area contributed by atoms with Gasteiger partial charge in [-0.2, -0.15) is 0 Å². The standard InChI is InChI=1S/C21H22N4O4S2/c1-13(2)15-5-7-16(8-6-15)20-23-24-21(31-20)22-19(26)12-30-11-14-4-9-18(29-3)17(10-14)25(27)28/h4-10,13H,11-12H2,1-3H3,(H,22,24,26). The molecule has 8 nitrogen and oxygen atoms in total. The van der Waals surface area contributed by atoms with Crippen molar-refractivity contribution in [2.45, 2.75) is 25.5 Å². The van der Waals surface area contributed by atoms with Crippen LogP contribution in [0.25, 0.3) is 10.6 Å². The monoisotopic (exact) mass is 458 g/mol. The van der Waals surface area contributed by atoms with Gasteiger partial charge in [-0.15, -0.1) is 22.0 Å². The van der Waals surface area contributed by atoms with Gasteiger partial charge in [0.15, 0.2) is 5.75 Å². The van der Waals surface area contributed by atoms with Gasteiger partial charge >= 0.3 is 5.69 Å². The molecule has 10 heteroatoms. The van der Waals surface area contributed by atoms with Crippen LogP contribution in [0.4, 0.5) is 10.8 Å². The zero-order valence-electron chi connectivity index (χ0n) is 17.3. The van der Waals surface area contributed by atoms with E-state index < -0.39 is 4.92 Å². The highest BCUT2D eigenvalue weighted by molar-refractivity contribution is 7.99. The minimum absolute atomic E-state index is 0.0899. The van der Waals surface area contributed by atoms with Crippen LogP contribution in [0.15, 0.2) is 42.5 Å². The zero-order chi connectivity index (χ0) is 22.4. The highest BCUT2D eigenvalue weighted by atomic mass is 32.2. The van der Waals surface area contributed by atoms with E-state index in [1.165, 1.54) is 41.8 Å². The molecule has 1 N–H and O–H groups in total. The molecular weight excluding hydrogens is 436 g/mol. The minimum atomic E-state index is -0.483. The Hall–Kier alpha value is -2.98. The molecule has 2 aromatic carbocycles. The van der Waals surface area contributed by atoms with Crippen LogP contribution < -0.4 is 10.1 Å². The van der Waals surface area contributed by atoms with E-state index in [2.05, 4.69) is 41.5 Å². The van der Waals surface area contributed by atoms with Crippen LogP contribution in [-0.2, 0) is 10.5 Å². The molecule has 0 aliphatic carbocycles. The van der Waals surface area contributed by atoms with Crippen LogP contribution in [0.5, 0.6) is 5.75 Å². The molecule has 0 aliphatic rings. The summed E-state index contributed by atoms with van der Waals surface area (Å²) in [5.74, 6) is 1.12. The molecule has 0 fully saturated rings. The second-order valence-electron chi connectivity index (χ2n) is 6.99. The number of rotatable bonds is 9. The van der Waals surface area contributed by atoms with Crippen molar-refractivity contribution in [1.29, 1.82) is 0 Å². The third kappa shape index (κ3) is 6.02. The highest BCUT2D eigenvalue weighted by Gasteiger charge is 2.15. The molecule has 0 unspecified atom stereocenters. The molecule has 0 bridgehead atoms. The third-order valence-corrected chi connectivity index (χ3v) is 6.33. The van der Waals surface area contributed by atoms with Crippen LogP contribution in [0.3, 0.4) is 0 Å². The summed E-state index contributed by atoms with van der Waals surface area (Å²) in [6, 6.07) is 12.9. The number of ether oxygens (including phenoxy) is 1. The second kappa shape index (κ2) is 10.4. The van der Waals surface area contributed by atoms with Crippen molar-refractivity contribution in [3.05, 3.63) is 63.7 Å². The van der Waals surface area contributed by atoms with Crippen molar-refractivity contribution in [2.75, 3.05) is 18.2 Å². The normalized spacial score (nSPS) is 10.8. The number of nitrogens with one attached hydrogen (secondary N) is 1. The Morgan fingerprint density at radius 2 is 1.97 bits per heavy atom. The van der Waals surface area contributed by atoms with Crippen molar-refractivity contribution >= 4 is 39.8 Å². The molecule has 31 heavy (non-hydrogen) atoms. The fourth-order valence-corrected chi connectivity index (χ4v) is 4.33. The van der Waals surface area contributed by atoms with E-state index in [1.807, 2.05) is 12.1 Å². The molecular formula is C21H22N4O4S2. The SMILES string of the molecule is COc1ccc(CSCC(=O)Nc2nnc(-c3ccc(C(C)C)cc3)s2)cc1[N+](=O)[O-]. The number of carbonyl (C=O) groups is 1. The number of nitro groups is 1. The van der Waals surface area contributed by atoms with Gasteiger partial charge in [0.25, 0.3) is 0 Å². The van der Waals surface area contributed by atoms with Crippen molar-refractivity contribution < 1.29 is 14.5 Å². The lowest BCUT2D eigenvalue weighted by atomic mass is 10.0. The van der Waals surface area contributed by atoms with E-state index in [0.717, 1.165) is 16.1 Å². The van der Waals surface area contributed by atoms with Crippen molar-refractivity contribution in [3.8, 4) is 16.3 Å². The van der Waals surface area contributed by atoms with E-state index in [1.54, 1.807) is 12.1 Å². The number of carbonyl (C=O) groups excluding carboxylic acids is 1. The van der Waals surface area contributed by atoms with Gasteiger partial charge in [-0.25, -0.2) is 0 Å². The van der Waals surface area contributed by atoms with Gasteiger partial charge in [-0.1, -0.05) is 55.5 Å². The average Bonchev–Trinajstić information content (AvgIpc) is 3.22. The van der Waals surface area contributed by atoms with Gasteiger partial charge in [0.05, 0.1) is 17.8 Å². The summed E-state index contributed by atoms with van der Waals surface area (Å²) in [5.41, 5.74) is 2.86. The summed E-state index contributed by atoms with van der Waals surface area (Å²) in [5, 5.41) is 23.2. The topological polar surface area (TPSA) is 107 Å². The molecule has 0 spiro atoms. The maximum absolute atomic E-state index is 12.2. The average molecular weight is 459 g/mol. The maximum Gasteiger partial charge on any atom is 0.311 e. The Balaban J connectivity index is 1.53. The molecule has 0 saturated carbocycles. The van der Waals surface area contributed by atoms with Gasteiger partial charge < -0.3 is 4.74 Å². The first-order valence-corrected chi connectivity index (χ1v) is 11.5. The van der Waals surface area contributed by atoms with Crippen molar-refractivity contribution in [1.82, 2.24) is 10.2 Å². The van der Waals surface area contributed by atoms with Crippen LogP contribution in [0.1, 0.15) is 30.9 Å². The molecule has 1 amide bonds. The van der Waals surface area contributed by atoms with Gasteiger partial charge in [0.2, 0.25) is 11.0 Å². The number of benzene rings is 2. The van der Waals surface area contributed by atoms with Crippen LogP contribution >= 0.6 is 23.1 Å². The largest absolute Gasteiger partial charge is 0.490 e. The van der Waals surface area contributed by atoms with Crippen molar-refractivity contribution in [2.24, 2.45) is 0 Å². The molecule has 0 aliphatic heterocycles. The minimum Gasteiger partial charge on any atom is -0.490 e. The first kappa shape index (κ1) is 22.7. The lowest BCUT2D eigenvalue weighted by Crippen LogP contribution is -2.14. The lowest BCUT2D eigenvalue weighted by Gasteiger charge is -2.05. The second-order valence-corrected chi connectivity index (χ2v) is 8.96. The van der Waals surface area contributed by atoms with Crippen LogP contribution in [-0.4, -0.2) is 33.9 Å². The summed E-state index contributed by atoms with van der Waals surface area (Å²) >= 11 is 2.67. The molecule has 1 aromatic heterocycles. The fourth-order valence-electron chi connectivity index (χ4n) is 2.79. The molecule has 0 atom stereocenters. The summed E-state index contributed by atoms with van der Waals surface area (Å²) < 4.78 is 5.00. The first-order chi connectivity index (χ1) is 14.9. The maximum atomic E-state index is 12.2. The molecule has 0 saturated heterocycles. The van der Waals surface area contributed by atoms with E-state index in [9.17, 15) is 14.9 Å². The number of hydrogen-bond acceptors (Lipinski definition) is 8. The Morgan fingerprint density at radius 3 is 2.61 bits per heavy atom. The number of methoxy groups -OCH3 is 1. The number of nitro benzene ring substituents is 1. The number of hydrogen-bond donors (Lipinski definition) is 1. The van der Waals surface area contributed by atoms with Crippen LogP contribution in [0, 0.1) is 10.1 Å². The predicted molar refractivity (Wildman–Crippen MR) is 124 cm³/mol. The van der Waals surface area contributed by atoms with Gasteiger partial charge in [-0.3, -0.25) is 20.2 Å². The zero-order valence-corrected chi connectivity index (χ0v) is 19.0. The van der Waals surface area contributed by atoms with Gasteiger partial charge in [0.1, 0.15) is 5.01 Å². The number of nitrogens with zero attached hydrogens (tertiary/aromatic N) is 3. The Kier molecular flexibility index (Phi) is 7.59. The van der Waals surface area contributed by atoms with Gasteiger partial charge in [-0.05, 0) is 23.1 Å². The van der Waals surface area contributed by atoms with E-state index in [4.69, 9.17) is 4.74 Å². The fraction of sp³-hybridized carbons (Fsp3) is 0.286. The summed E-state index contributed by atoms with van der Waals surface area (Å²) in [6.07, 6.45) is 0. The number of anilines is 1. The van der Waals surface area contributed by atoms with Crippen LogP contribution in [0.2, 0.25) is 0 Å². The molecule has 1 heterocycles. The first-order valence-electron chi connectivity index (χ1n) is 9.50. The summed E-state index contributed by atoms with van der Waals surface area (Å²) in [6.45, 7) is 4.28. The number of aromatic nitrogens is 2. The Morgan fingerprint density at radius 1 is 1.23 bits per heavy atom. The Labute approximate surface area is 188 Å². The quantitative estimate of drug-likeness (QED) is 0.350. The lowest BCUT2D eigenvalue weighted by molar-refractivity contribution is -0.385. The van der Waals surface area contributed by atoms with Crippen molar-refractivity contribution in [3.63, 3.8) is 0 Å². The van der Waals surface area contributed by atoms with Gasteiger partial charge in [0, 0.05) is 17.4 Å². The predicted octanol–water partition coefficient (Wildman–Crippen LogP) is 5.12. The smallest absolute Gasteiger partial charge is 0.311 e. The van der Waals surface area contributed by atoms with E-state index >= 15 is 0 Å². The number of amides is 1. The molecule has 0 radical (unpaired) electrons.